The van der Waals surface area contributed by atoms with Gasteiger partial charge in [0.25, 0.3) is 0 Å². The van der Waals surface area contributed by atoms with Gasteiger partial charge in [0.15, 0.2) is 12.0 Å². The second-order valence-electron chi connectivity index (χ2n) is 6.42. The maximum atomic E-state index is 14.2. The molecule has 130 valence electrons. The van der Waals surface area contributed by atoms with E-state index >= 15 is 0 Å². The van der Waals surface area contributed by atoms with Gasteiger partial charge in [-0.1, -0.05) is 26.0 Å². The number of alkyl halides is 1. The van der Waals surface area contributed by atoms with Gasteiger partial charge in [0.1, 0.15) is 6.54 Å². The molecule has 7 nitrogen and oxygen atoms in total. The number of aromatic nitrogens is 3. The molecule has 0 aliphatic carbocycles. The third-order valence-corrected chi connectivity index (χ3v) is 4.29. The van der Waals surface area contributed by atoms with Gasteiger partial charge in [-0.2, -0.15) is 0 Å². The van der Waals surface area contributed by atoms with Gasteiger partial charge < -0.3 is 14.9 Å². The number of ether oxygens (including phenoxy) is 1. The first kappa shape index (κ1) is 18.0. The number of carbonyl (C=O) groups is 1. The maximum absolute atomic E-state index is 14.2. The Morgan fingerprint density at radius 1 is 1.48 bits per heavy atom. The average molecular weight is 328 g/mol. The average Bonchev–Trinajstić information content (AvgIpc) is 2.94. The fourth-order valence-corrected chi connectivity index (χ4v) is 2.58. The van der Waals surface area contributed by atoms with Gasteiger partial charge in [-0.3, -0.25) is 4.79 Å². The SMILES string of the molecule is CC(C)C(=O)Cn1cc(C[C@@H]2OC(CO)[C@@H](C)[C@H](O)C2[18F])nn1. The molecule has 0 radical (unpaired) electrons. The fraction of sp³-hybridized carbons (Fsp3) is 0.800. The molecule has 2 heterocycles. The number of rotatable bonds is 6. The van der Waals surface area contributed by atoms with Crippen LogP contribution in [0.3, 0.4) is 0 Å². The Morgan fingerprint density at radius 2 is 2.17 bits per heavy atom. The van der Waals surface area contributed by atoms with E-state index in [0.717, 1.165) is 0 Å². The summed E-state index contributed by atoms with van der Waals surface area (Å²) < 4.78 is 21.2. The van der Waals surface area contributed by atoms with E-state index in [9.17, 15) is 19.4 Å². The van der Waals surface area contributed by atoms with E-state index in [2.05, 4.69) is 10.3 Å². The number of hydrogen-bond acceptors (Lipinski definition) is 6. The zero-order chi connectivity index (χ0) is 17.1. The highest BCUT2D eigenvalue weighted by molar-refractivity contribution is 5.79. The molecule has 2 N–H and O–H groups in total. The van der Waals surface area contributed by atoms with Crippen LogP contribution >= 0.6 is 0 Å². The van der Waals surface area contributed by atoms with Crippen LogP contribution in [-0.2, 0) is 22.5 Å². The van der Waals surface area contributed by atoms with Crippen LogP contribution in [-0.4, -0.2) is 62.1 Å². The van der Waals surface area contributed by atoms with Gasteiger partial charge in [-0.15, -0.1) is 5.10 Å². The van der Waals surface area contributed by atoms with Crippen molar-refractivity contribution in [3.63, 3.8) is 0 Å². The maximum Gasteiger partial charge on any atom is 0.156 e. The summed E-state index contributed by atoms with van der Waals surface area (Å²) in [6.07, 6.45) is -2.56. The first-order valence-corrected chi connectivity index (χ1v) is 7.83. The van der Waals surface area contributed by atoms with Gasteiger partial charge in [0, 0.05) is 24.5 Å². The third-order valence-electron chi connectivity index (χ3n) is 4.29. The highest BCUT2D eigenvalue weighted by atomic mass is 18.2. The molecule has 1 fully saturated rings. The van der Waals surface area contributed by atoms with Crippen molar-refractivity contribution in [1.29, 1.82) is 0 Å². The summed E-state index contributed by atoms with van der Waals surface area (Å²) in [6.45, 7) is 5.09. The number of nitrogens with zero attached hydrogens (tertiary/aromatic N) is 3. The van der Waals surface area contributed by atoms with Crippen molar-refractivity contribution in [2.45, 2.75) is 58.2 Å². The molecule has 2 unspecified atom stereocenters. The lowest BCUT2D eigenvalue weighted by Crippen LogP contribution is -2.53. The van der Waals surface area contributed by atoms with Gasteiger partial charge in [-0.25, -0.2) is 9.07 Å². The van der Waals surface area contributed by atoms with Crippen molar-refractivity contribution >= 4 is 5.78 Å². The number of carbonyl (C=O) groups excluding carboxylic acids is 1. The van der Waals surface area contributed by atoms with Crippen molar-refractivity contribution in [2.75, 3.05) is 6.61 Å². The van der Waals surface area contributed by atoms with Gasteiger partial charge in [0.2, 0.25) is 0 Å². The summed E-state index contributed by atoms with van der Waals surface area (Å²) in [4.78, 5) is 11.7. The van der Waals surface area contributed by atoms with E-state index < -0.39 is 30.4 Å². The number of ketones is 1. The van der Waals surface area contributed by atoms with Crippen LogP contribution in [0.4, 0.5) is 4.39 Å². The molecule has 8 heteroatoms. The van der Waals surface area contributed by atoms with Crippen LogP contribution < -0.4 is 0 Å². The molecule has 1 aromatic rings. The summed E-state index contributed by atoms with van der Waals surface area (Å²) in [5.41, 5.74) is 0.479. The lowest BCUT2D eigenvalue weighted by atomic mass is 9.87. The highest BCUT2D eigenvalue weighted by Gasteiger charge is 2.43. The summed E-state index contributed by atoms with van der Waals surface area (Å²) >= 11 is 0. The lowest BCUT2D eigenvalue weighted by molar-refractivity contribution is -0.183. The van der Waals surface area contributed by atoms with Crippen molar-refractivity contribution in [3.8, 4) is 0 Å². The summed E-state index contributed by atoms with van der Waals surface area (Å²) in [5, 5.41) is 27.0. The van der Waals surface area contributed by atoms with Crippen molar-refractivity contribution < 1.29 is 24.1 Å². The number of halogens is 1. The van der Waals surface area contributed by atoms with Gasteiger partial charge >= 0.3 is 0 Å². The van der Waals surface area contributed by atoms with E-state index in [-0.39, 0.29) is 31.3 Å². The Balaban J connectivity index is 2.01. The van der Waals surface area contributed by atoms with Gasteiger partial charge in [0.05, 0.1) is 30.6 Å². The minimum Gasteiger partial charge on any atom is -0.394 e. The van der Waals surface area contributed by atoms with E-state index in [0.29, 0.717) is 5.69 Å². The second-order valence-corrected chi connectivity index (χ2v) is 6.42. The van der Waals surface area contributed by atoms with Crippen molar-refractivity contribution in [2.24, 2.45) is 11.8 Å². The molecule has 23 heavy (non-hydrogen) atoms. The summed E-state index contributed by atoms with van der Waals surface area (Å²) in [7, 11) is 0. The predicted molar refractivity (Wildman–Crippen MR) is 79.4 cm³/mol. The Bertz CT molecular complexity index is 535. The second kappa shape index (κ2) is 7.46. The summed E-state index contributed by atoms with van der Waals surface area (Å²) in [6, 6.07) is 0. The smallest absolute Gasteiger partial charge is 0.156 e. The molecule has 2 rings (SSSR count). The number of aliphatic hydroxyl groups excluding tert-OH is 2. The van der Waals surface area contributed by atoms with Crippen molar-refractivity contribution in [1.82, 2.24) is 15.0 Å². The lowest BCUT2D eigenvalue weighted by Gasteiger charge is -2.39. The molecule has 0 saturated carbocycles. The van der Waals surface area contributed by atoms with E-state index in [1.165, 1.54) is 4.68 Å². The van der Waals surface area contributed by atoms with E-state index in [4.69, 9.17) is 4.74 Å². The largest absolute Gasteiger partial charge is 0.394 e. The van der Waals surface area contributed by atoms with Crippen LogP contribution in [0, 0.1) is 11.8 Å². The molecule has 0 spiro atoms. The Hall–Kier alpha value is -1.38. The third kappa shape index (κ3) is 4.13. The van der Waals surface area contributed by atoms with Gasteiger partial charge in [-0.05, 0) is 0 Å². The quantitative estimate of drug-likeness (QED) is 0.771. The van der Waals surface area contributed by atoms with Crippen LogP contribution in [0.1, 0.15) is 26.5 Å². The Labute approximate surface area is 134 Å². The topological polar surface area (TPSA) is 97.5 Å². The number of hydrogen-bond donors (Lipinski definition) is 2. The first-order chi connectivity index (χ1) is 10.8. The normalized spacial score (nSPS) is 31.5. The first-order valence-electron chi connectivity index (χ1n) is 7.83. The highest BCUT2D eigenvalue weighted by Crippen LogP contribution is 2.29. The molecule has 1 aliphatic rings. The minimum atomic E-state index is -1.56. The Morgan fingerprint density at radius 3 is 2.78 bits per heavy atom. The van der Waals surface area contributed by atoms with E-state index in [1.54, 1.807) is 27.0 Å². The number of Topliss-reactive ketones (excluding diaryl/α,β-unsaturated/α-hetero) is 1. The monoisotopic (exact) mass is 328 g/mol. The zero-order valence-corrected chi connectivity index (χ0v) is 13.6. The van der Waals surface area contributed by atoms with E-state index in [1.807, 2.05) is 0 Å². The molecule has 5 atom stereocenters. The Kier molecular flexibility index (Phi) is 5.83. The standard InChI is InChI=1S/C15H24FN3O4/c1-8(2)11(21)6-19-5-10(17-18-19)4-12-14(16)15(22)9(3)13(7-20)23-12/h5,8-9,12-15,20,22H,4,6-7H2,1-3H3/t9-,12+,13?,14?,15+/m1/s1/i16-1. The minimum absolute atomic E-state index is 0.0309. The van der Waals surface area contributed by atoms with Crippen LogP contribution in [0.25, 0.3) is 0 Å². The van der Waals surface area contributed by atoms with Crippen LogP contribution in [0.2, 0.25) is 0 Å². The molecular weight excluding hydrogens is 304 g/mol. The number of aliphatic hydroxyl groups is 2. The predicted octanol–water partition coefficient (Wildman–Crippen LogP) is 0.140. The molecule has 1 aliphatic heterocycles. The van der Waals surface area contributed by atoms with Crippen molar-refractivity contribution in [3.05, 3.63) is 11.9 Å². The molecule has 0 amide bonds. The molecule has 1 aromatic heterocycles. The fourth-order valence-electron chi connectivity index (χ4n) is 2.58. The molecule has 0 bridgehead atoms. The molecular formula is C15H24FN3O4. The molecule has 1 saturated heterocycles. The van der Waals surface area contributed by atoms with Crippen LogP contribution in [0.15, 0.2) is 6.20 Å². The molecule has 0 aromatic carbocycles. The summed E-state index contributed by atoms with van der Waals surface area (Å²) in [5.74, 6) is -0.546. The van der Waals surface area contributed by atoms with Crippen LogP contribution in [0.5, 0.6) is 0 Å². The zero-order valence-electron chi connectivity index (χ0n) is 13.6.